The second-order valence-electron chi connectivity index (χ2n) is 12.1. The highest BCUT2D eigenvalue weighted by atomic mass is 16.6. The fourth-order valence-corrected chi connectivity index (χ4v) is 5.87. The van der Waals surface area contributed by atoms with Crippen LogP contribution in [0.1, 0.15) is 70.6 Å². The zero-order valence-corrected chi connectivity index (χ0v) is 26.4. The number of rotatable bonds is 14. The van der Waals surface area contributed by atoms with Gasteiger partial charge in [0.05, 0.1) is 12.0 Å². The number of unbranched alkanes of at least 4 members (excludes halogenated alkanes) is 1. The molecular formula is C35H43NO8. The van der Waals surface area contributed by atoms with Crippen molar-refractivity contribution in [3.63, 3.8) is 0 Å². The van der Waals surface area contributed by atoms with E-state index in [1.165, 1.54) is 0 Å². The molecule has 1 aliphatic rings. The quantitative estimate of drug-likeness (QED) is 0.176. The summed E-state index contributed by atoms with van der Waals surface area (Å²) in [6.45, 7) is 10.1. The predicted octanol–water partition coefficient (Wildman–Crippen LogP) is 5.25. The molecule has 2 aromatic carbocycles. The fourth-order valence-electron chi connectivity index (χ4n) is 5.87. The third kappa shape index (κ3) is 8.50. The lowest BCUT2D eigenvalue weighted by molar-refractivity contribution is -0.159. The Balaban J connectivity index is 2.15. The van der Waals surface area contributed by atoms with Crippen LogP contribution in [0.2, 0.25) is 0 Å². The summed E-state index contributed by atoms with van der Waals surface area (Å²) in [5, 5.41) is 9.20. The van der Waals surface area contributed by atoms with Crippen LogP contribution in [0.4, 0.5) is 4.79 Å². The highest BCUT2D eigenvalue weighted by Crippen LogP contribution is 2.36. The van der Waals surface area contributed by atoms with Crippen molar-refractivity contribution in [2.45, 2.75) is 85.0 Å². The summed E-state index contributed by atoms with van der Waals surface area (Å²) in [5.74, 6) is -4.05. The first-order valence-corrected chi connectivity index (χ1v) is 15.0. The number of cyclic esters (lactones) is 1. The van der Waals surface area contributed by atoms with Gasteiger partial charge in [0.25, 0.3) is 0 Å². The lowest BCUT2D eigenvalue weighted by Gasteiger charge is -2.34. The topological polar surface area (TPSA) is 127 Å². The molecule has 9 nitrogen and oxygen atoms in total. The highest BCUT2D eigenvalue weighted by molar-refractivity contribution is 6.25. The summed E-state index contributed by atoms with van der Waals surface area (Å²) in [4.78, 5) is 68.5. The van der Waals surface area contributed by atoms with Crippen LogP contribution in [0.25, 0.3) is 5.57 Å². The van der Waals surface area contributed by atoms with E-state index in [1.54, 1.807) is 56.3 Å². The van der Waals surface area contributed by atoms with E-state index in [-0.39, 0.29) is 36.7 Å². The monoisotopic (exact) mass is 605 g/mol. The number of imide groups is 1. The molecule has 1 aliphatic heterocycles. The molecule has 1 saturated heterocycles. The SMILES string of the molecule is CC(=O)O[C@H](C(=O)C=C(C(=O)CCCCO)c1cccc(C)c1)[C@H](Cc1ccccc1)C(=O)N1C(=O)OC(C)(C)[C@@H]1C(C)C. The largest absolute Gasteiger partial charge is 0.453 e. The molecular weight excluding hydrogens is 562 g/mol. The Labute approximate surface area is 259 Å². The zero-order valence-electron chi connectivity index (χ0n) is 26.4. The van der Waals surface area contributed by atoms with E-state index in [9.17, 15) is 29.1 Å². The molecule has 236 valence electrons. The van der Waals surface area contributed by atoms with E-state index in [0.29, 0.717) is 24.0 Å². The smallest absolute Gasteiger partial charge is 0.417 e. The summed E-state index contributed by atoms with van der Waals surface area (Å²) in [6, 6.07) is 15.4. The number of aryl methyl sites for hydroxylation is 1. The fraction of sp³-hybridized carbons (Fsp3) is 0.457. The van der Waals surface area contributed by atoms with Crippen LogP contribution in [0.5, 0.6) is 0 Å². The number of esters is 1. The van der Waals surface area contributed by atoms with Gasteiger partial charge in [0.2, 0.25) is 5.91 Å². The maximum Gasteiger partial charge on any atom is 0.417 e. The lowest BCUT2D eigenvalue weighted by atomic mass is 9.85. The van der Waals surface area contributed by atoms with Gasteiger partial charge in [-0.1, -0.05) is 74.0 Å². The molecule has 9 heteroatoms. The number of nitrogens with zero attached hydrogens (tertiary/aromatic N) is 1. The van der Waals surface area contributed by atoms with Gasteiger partial charge in [0, 0.05) is 25.5 Å². The normalized spacial score (nSPS) is 17.6. The Morgan fingerprint density at radius 2 is 1.73 bits per heavy atom. The molecule has 2 amide bonds. The molecule has 0 unspecified atom stereocenters. The number of amides is 2. The Morgan fingerprint density at radius 1 is 1.05 bits per heavy atom. The molecule has 1 fully saturated rings. The minimum atomic E-state index is -1.63. The van der Waals surface area contributed by atoms with Gasteiger partial charge in [-0.3, -0.25) is 19.2 Å². The van der Waals surface area contributed by atoms with Crippen molar-refractivity contribution in [3.05, 3.63) is 77.4 Å². The van der Waals surface area contributed by atoms with E-state index in [2.05, 4.69) is 0 Å². The number of allylic oxidation sites excluding steroid dienone is 1. The molecule has 0 aliphatic carbocycles. The lowest BCUT2D eigenvalue weighted by Crippen LogP contribution is -2.53. The third-order valence-electron chi connectivity index (χ3n) is 7.69. The maximum absolute atomic E-state index is 14.4. The van der Waals surface area contributed by atoms with E-state index in [1.807, 2.05) is 32.9 Å². The van der Waals surface area contributed by atoms with Crippen LogP contribution < -0.4 is 0 Å². The Bertz CT molecular complexity index is 1390. The molecule has 1 heterocycles. The number of ketones is 2. The van der Waals surface area contributed by atoms with Crippen molar-refractivity contribution in [3.8, 4) is 0 Å². The molecule has 0 radical (unpaired) electrons. The molecule has 44 heavy (non-hydrogen) atoms. The number of hydrogen-bond acceptors (Lipinski definition) is 8. The average Bonchev–Trinajstić information content (AvgIpc) is 3.21. The van der Waals surface area contributed by atoms with Gasteiger partial charge >= 0.3 is 12.1 Å². The van der Waals surface area contributed by atoms with Gasteiger partial charge in [0.1, 0.15) is 5.60 Å². The minimum absolute atomic E-state index is 0.0174. The Kier molecular flexibility index (Phi) is 11.8. The van der Waals surface area contributed by atoms with Gasteiger partial charge < -0.3 is 14.6 Å². The van der Waals surface area contributed by atoms with Crippen LogP contribution in [0, 0.1) is 18.8 Å². The van der Waals surface area contributed by atoms with E-state index >= 15 is 0 Å². The van der Waals surface area contributed by atoms with Gasteiger partial charge in [-0.25, -0.2) is 9.69 Å². The Hall–Kier alpha value is -4.11. The van der Waals surface area contributed by atoms with Crippen LogP contribution in [0.3, 0.4) is 0 Å². The number of aliphatic hydroxyl groups excluding tert-OH is 1. The van der Waals surface area contributed by atoms with Gasteiger partial charge in [-0.05, 0) is 63.2 Å². The molecule has 0 aromatic heterocycles. The van der Waals surface area contributed by atoms with Gasteiger partial charge in [-0.15, -0.1) is 0 Å². The van der Waals surface area contributed by atoms with Crippen molar-refractivity contribution in [2.24, 2.45) is 11.8 Å². The maximum atomic E-state index is 14.4. The highest BCUT2D eigenvalue weighted by Gasteiger charge is 2.54. The van der Waals surface area contributed by atoms with Crippen molar-refractivity contribution < 1.29 is 38.6 Å². The van der Waals surface area contributed by atoms with Crippen LogP contribution in [-0.4, -0.2) is 63.9 Å². The first-order chi connectivity index (χ1) is 20.8. The summed E-state index contributed by atoms with van der Waals surface area (Å²) in [7, 11) is 0. The third-order valence-corrected chi connectivity index (χ3v) is 7.69. The van der Waals surface area contributed by atoms with Crippen molar-refractivity contribution in [1.29, 1.82) is 0 Å². The minimum Gasteiger partial charge on any atom is -0.453 e. The van der Waals surface area contributed by atoms with Crippen molar-refractivity contribution >= 4 is 35.1 Å². The molecule has 0 saturated carbocycles. The molecule has 1 N–H and O–H groups in total. The summed E-state index contributed by atoms with van der Waals surface area (Å²) < 4.78 is 11.2. The second-order valence-corrected chi connectivity index (χ2v) is 12.1. The summed E-state index contributed by atoms with van der Waals surface area (Å²) in [5.41, 5.74) is 1.18. The van der Waals surface area contributed by atoms with Crippen LogP contribution in [0.15, 0.2) is 60.7 Å². The number of aliphatic hydroxyl groups is 1. The Morgan fingerprint density at radius 3 is 2.32 bits per heavy atom. The molecule has 2 aromatic rings. The van der Waals surface area contributed by atoms with Gasteiger partial charge in [-0.2, -0.15) is 0 Å². The van der Waals surface area contributed by atoms with E-state index in [0.717, 1.165) is 23.5 Å². The second kappa shape index (κ2) is 15.1. The van der Waals surface area contributed by atoms with Crippen LogP contribution >= 0.6 is 0 Å². The van der Waals surface area contributed by atoms with E-state index in [4.69, 9.17) is 9.47 Å². The number of carbonyl (C=O) groups excluding carboxylic acids is 5. The van der Waals surface area contributed by atoms with Crippen molar-refractivity contribution in [1.82, 2.24) is 4.90 Å². The van der Waals surface area contributed by atoms with Gasteiger partial charge in [0.15, 0.2) is 17.7 Å². The number of hydrogen-bond donors (Lipinski definition) is 1. The first-order valence-electron chi connectivity index (χ1n) is 15.0. The summed E-state index contributed by atoms with van der Waals surface area (Å²) >= 11 is 0. The van der Waals surface area contributed by atoms with Crippen LogP contribution in [-0.2, 0) is 35.1 Å². The number of benzene rings is 2. The first kappa shape index (κ1) is 34.4. The predicted molar refractivity (Wildman–Crippen MR) is 165 cm³/mol. The van der Waals surface area contributed by atoms with Crippen molar-refractivity contribution in [2.75, 3.05) is 6.61 Å². The molecule has 3 rings (SSSR count). The number of carbonyl (C=O) groups is 5. The number of ether oxygens (including phenoxy) is 2. The number of Topliss-reactive ketones (excluding diaryl/α,β-unsaturated/α-hetero) is 1. The molecule has 0 spiro atoms. The summed E-state index contributed by atoms with van der Waals surface area (Å²) in [6.07, 6.45) is -0.418. The molecule has 3 atom stereocenters. The standard InChI is InChI=1S/C35H43NO8/c1-22(2)32-35(5,6)44-34(42)36(32)33(41)28(20-25-14-8-7-9-15-25)31(43-24(4)38)30(40)21-27(29(39)17-10-11-18-37)26-16-12-13-23(3)19-26/h7-9,12-16,19,21-22,28,31-32,37H,10-11,17-18,20H2,1-6H3/t28-,31-,32-/m0/s1. The zero-order chi connectivity index (χ0) is 32.6. The van der Waals surface area contributed by atoms with E-state index < -0.39 is 47.4 Å². The molecule has 0 bridgehead atoms. The average molecular weight is 606 g/mol.